The van der Waals surface area contributed by atoms with Gasteiger partial charge in [-0.25, -0.2) is 12.8 Å². The van der Waals surface area contributed by atoms with E-state index in [-0.39, 0.29) is 28.1 Å². The van der Waals surface area contributed by atoms with Gasteiger partial charge in [0.05, 0.1) is 22.8 Å². The molecule has 9 heteroatoms. The number of sulfonamides is 1. The molecule has 19 heavy (non-hydrogen) atoms. The Balaban J connectivity index is 2.43. The summed E-state index contributed by atoms with van der Waals surface area (Å²) in [6.45, 7) is -0.430. The van der Waals surface area contributed by atoms with Gasteiger partial charge in [0.2, 0.25) is 10.0 Å². The lowest BCUT2D eigenvalue weighted by atomic mass is 10.3. The van der Waals surface area contributed by atoms with Gasteiger partial charge in [0.25, 0.3) is 0 Å². The molecule has 0 aromatic heterocycles. The Labute approximate surface area is 117 Å². The quantitative estimate of drug-likeness (QED) is 0.643. The fourth-order valence-electron chi connectivity index (χ4n) is 1.81. The van der Waals surface area contributed by atoms with Crippen LogP contribution in [0.2, 0.25) is 0 Å². The first-order valence-electron chi connectivity index (χ1n) is 5.34. The molecule has 106 valence electrons. The summed E-state index contributed by atoms with van der Waals surface area (Å²) in [4.78, 5) is -0.201. The zero-order valence-corrected chi connectivity index (χ0v) is 12.0. The Morgan fingerprint density at radius 3 is 2.37 bits per heavy atom. The Morgan fingerprint density at radius 2 is 1.84 bits per heavy atom. The first-order chi connectivity index (χ1) is 8.73. The number of nitrogens with two attached hydrogens (primary N) is 1. The van der Waals surface area contributed by atoms with Gasteiger partial charge in [-0.05, 0) is 28.1 Å². The van der Waals surface area contributed by atoms with Gasteiger partial charge < -0.3 is 15.9 Å². The molecule has 0 saturated carbocycles. The number of aliphatic hydroxyl groups excluding tert-OH is 2. The molecule has 4 N–H and O–H groups in total. The molecule has 0 bridgehead atoms. The van der Waals surface area contributed by atoms with Crippen LogP contribution in [0.5, 0.6) is 0 Å². The third-order valence-electron chi connectivity index (χ3n) is 2.89. The maximum Gasteiger partial charge on any atom is 0.244 e. The minimum Gasteiger partial charge on any atom is -0.396 e. The van der Waals surface area contributed by atoms with Crippen molar-refractivity contribution in [3.8, 4) is 0 Å². The lowest BCUT2D eigenvalue weighted by molar-refractivity contribution is 0.0572. The summed E-state index contributed by atoms with van der Waals surface area (Å²) < 4.78 is 38.8. The van der Waals surface area contributed by atoms with Crippen LogP contribution in [0.1, 0.15) is 0 Å². The van der Waals surface area contributed by atoms with Crippen molar-refractivity contribution >= 4 is 31.6 Å². The molecular weight excluding hydrogens is 343 g/mol. The molecule has 2 rings (SSSR count). The lowest BCUT2D eigenvalue weighted by Crippen LogP contribution is -2.30. The predicted molar refractivity (Wildman–Crippen MR) is 69.3 cm³/mol. The smallest absolute Gasteiger partial charge is 0.244 e. The van der Waals surface area contributed by atoms with E-state index in [1.165, 1.54) is 0 Å². The van der Waals surface area contributed by atoms with Crippen LogP contribution in [0.4, 0.5) is 10.1 Å². The van der Waals surface area contributed by atoms with Gasteiger partial charge in [-0.1, -0.05) is 0 Å². The molecule has 0 aliphatic carbocycles. The van der Waals surface area contributed by atoms with Crippen LogP contribution in [0, 0.1) is 5.82 Å². The normalized spacial score (nSPS) is 24.8. The number of nitrogen functional groups attached to an aromatic ring is 1. The number of anilines is 1. The number of aliphatic hydroxyl groups is 2. The number of nitrogens with zero attached hydrogens (tertiary/aromatic N) is 1. The van der Waals surface area contributed by atoms with E-state index < -0.39 is 28.0 Å². The predicted octanol–water partition coefficient (Wildman–Crippen LogP) is -0.103. The highest BCUT2D eigenvalue weighted by Crippen LogP contribution is 2.30. The van der Waals surface area contributed by atoms with Gasteiger partial charge in [-0.15, -0.1) is 0 Å². The molecule has 2 atom stereocenters. The molecule has 1 saturated heterocycles. The van der Waals surface area contributed by atoms with Crippen molar-refractivity contribution in [2.24, 2.45) is 0 Å². The van der Waals surface area contributed by atoms with Crippen molar-refractivity contribution in [2.45, 2.75) is 17.1 Å². The van der Waals surface area contributed by atoms with Crippen LogP contribution in [-0.4, -0.2) is 48.2 Å². The molecule has 0 spiro atoms. The number of halogens is 2. The van der Waals surface area contributed by atoms with Gasteiger partial charge in [0.1, 0.15) is 5.82 Å². The summed E-state index contributed by atoms with van der Waals surface area (Å²) >= 11 is 2.97. The maximum absolute atomic E-state index is 13.2. The molecule has 1 fully saturated rings. The largest absolute Gasteiger partial charge is 0.396 e. The van der Waals surface area contributed by atoms with Gasteiger partial charge >= 0.3 is 0 Å². The number of hydrogen-bond donors (Lipinski definition) is 3. The van der Waals surface area contributed by atoms with E-state index >= 15 is 0 Å². The number of β-amino-alcohol motifs (C(OH)–C–C–N with tert-alkyl or cyclic N) is 2. The van der Waals surface area contributed by atoms with E-state index in [0.717, 1.165) is 16.4 Å². The second-order valence-electron chi connectivity index (χ2n) is 4.26. The summed E-state index contributed by atoms with van der Waals surface area (Å²) in [6.07, 6.45) is -2.27. The number of rotatable bonds is 2. The third kappa shape index (κ3) is 2.61. The minimum absolute atomic E-state index is 0.0371. The van der Waals surface area contributed by atoms with Crippen LogP contribution in [0.3, 0.4) is 0 Å². The summed E-state index contributed by atoms with van der Waals surface area (Å²) in [5.41, 5.74) is 5.07. The molecule has 1 aromatic rings. The second kappa shape index (κ2) is 4.98. The van der Waals surface area contributed by atoms with Crippen molar-refractivity contribution < 1.29 is 23.0 Å². The topological polar surface area (TPSA) is 104 Å². The molecule has 0 unspecified atom stereocenters. The Morgan fingerprint density at radius 1 is 1.32 bits per heavy atom. The van der Waals surface area contributed by atoms with Crippen LogP contribution in [-0.2, 0) is 10.0 Å². The molecular formula is C10H12BrFN2O4S. The first-order valence-corrected chi connectivity index (χ1v) is 7.57. The van der Waals surface area contributed by atoms with Crippen LogP contribution < -0.4 is 5.73 Å². The highest BCUT2D eigenvalue weighted by molar-refractivity contribution is 9.10. The molecule has 0 amide bonds. The van der Waals surface area contributed by atoms with Crippen LogP contribution >= 0.6 is 15.9 Å². The summed E-state index contributed by atoms with van der Waals surface area (Å²) in [5.74, 6) is -0.729. The van der Waals surface area contributed by atoms with Crippen molar-refractivity contribution in [3.05, 3.63) is 22.4 Å². The van der Waals surface area contributed by atoms with E-state index in [2.05, 4.69) is 15.9 Å². The second-order valence-corrected chi connectivity index (χ2v) is 7.02. The maximum atomic E-state index is 13.2. The van der Waals surface area contributed by atoms with E-state index in [9.17, 15) is 23.0 Å². The lowest BCUT2D eigenvalue weighted by Gasteiger charge is -2.17. The highest BCUT2D eigenvalue weighted by atomic mass is 79.9. The van der Waals surface area contributed by atoms with Crippen molar-refractivity contribution in [1.29, 1.82) is 0 Å². The summed E-state index contributed by atoms with van der Waals surface area (Å²) in [7, 11) is -3.95. The number of hydrogen-bond acceptors (Lipinski definition) is 5. The SMILES string of the molecule is Nc1cc(S(=O)(=O)N2C[C@@H](O)[C@@H](O)C2)c(Br)cc1F. The standard InChI is InChI=1S/C10H12BrFN2O4S/c11-5-1-6(12)7(13)2-10(5)19(17,18)14-3-8(15)9(16)4-14/h1-2,8-9,15-16H,3-4,13H2/t8-,9+. The average Bonchev–Trinajstić information content (AvgIpc) is 2.65. The third-order valence-corrected chi connectivity index (χ3v) is 5.68. The van der Waals surface area contributed by atoms with Crippen molar-refractivity contribution in [1.82, 2.24) is 4.31 Å². The Kier molecular flexibility index (Phi) is 3.85. The van der Waals surface area contributed by atoms with Gasteiger partial charge in [0.15, 0.2) is 0 Å². The van der Waals surface area contributed by atoms with Crippen LogP contribution in [0.15, 0.2) is 21.5 Å². The molecule has 1 aliphatic rings. The fourth-order valence-corrected chi connectivity index (χ4v) is 4.30. The van der Waals surface area contributed by atoms with E-state index in [4.69, 9.17) is 5.73 Å². The van der Waals surface area contributed by atoms with Crippen molar-refractivity contribution in [3.63, 3.8) is 0 Å². The molecule has 1 aromatic carbocycles. The zero-order chi connectivity index (χ0) is 14.4. The van der Waals surface area contributed by atoms with Crippen LogP contribution in [0.25, 0.3) is 0 Å². The molecule has 0 radical (unpaired) electrons. The molecule has 1 heterocycles. The van der Waals surface area contributed by atoms with Crippen molar-refractivity contribution in [2.75, 3.05) is 18.8 Å². The van der Waals surface area contributed by atoms with Gasteiger partial charge in [-0.2, -0.15) is 4.31 Å². The minimum atomic E-state index is -3.95. The summed E-state index contributed by atoms with van der Waals surface area (Å²) in [5, 5.41) is 18.8. The van der Waals surface area contributed by atoms with Gasteiger partial charge in [0, 0.05) is 17.6 Å². The summed E-state index contributed by atoms with van der Waals surface area (Å²) in [6, 6.07) is 1.97. The monoisotopic (exact) mass is 354 g/mol. The molecule has 6 nitrogen and oxygen atoms in total. The first kappa shape index (κ1) is 14.7. The van der Waals surface area contributed by atoms with E-state index in [1.807, 2.05) is 0 Å². The Hall–Kier alpha value is -0.740. The zero-order valence-electron chi connectivity index (χ0n) is 9.62. The highest BCUT2D eigenvalue weighted by Gasteiger charge is 2.38. The van der Waals surface area contributed by atoms with E-state index in [0.29, 0.717) is 0 Å². The number of benzene rings is 1. The molecule has 1 aliphatic heterocycles. The van der Waals surface area contributed by atoms with E-state index in [1.54, 1.807) is 0 Å². The Bertz CT molecular complexity index is 600. The average molecular weight is 355 g/mol. The van der Waals surface area contributed by atoms with Gasteiger partial charge in [-0.3, -0.25) is 0 Å². The fraction of sp³-hybridized carbons (Fsp3) is 0.400.